The third-order valence-corrected chi connectivity index (χ3v) is 5.52. The molecule has 0 amide bonds. The molecule has 35 heavy (non-hydrogen) atoms. The summed E-state index contributed by atoms with van der Waals surface area (Å²) in [5.74, 6) is -0.515. The number of anilines is 3. The first kappa shape index (κ1) is 26.3. The second-order valence-corrected chi connectivity index (χ2v) is 7.88. The molecule has 0 atom stereocenters. The molecule has 0 saturated carbocycles. The van der Waals surface area contributed by atoms with Crippen molar-refractivity contribution < 1.29 is 13.9 Å². The summed E-state index contributed by atoms with van der Waals surface area (Å²) in [5.41, 5.74) is 8.11. The maximum atomic E-state index is 13.5. The summed E-state index contributed by atoms with van der Waals surface area (Å²) in [6, 6.07) is 3.62. The number of aliphatic hydroxyl groups is 1. The minimum Gasteiger partial charge on any atom is -0.395 e. The summed E-state index contributed by atoms with van der Waals surface area (Å²) < 4.78 is 28.6. The van der Waals surface area contributed by atoms with E-state index in [1.807, 2.05) is 17.9 Å². The predicted octanol–water partition coefficient (Wildman–Crippen LogP) is 1.89. The van der Waals surface area contributed by atoms with Crippen LogP contribution in [0.25, 0.3) is 12.0 Å². The molecule has 13 heteroatoms. The van der Waals surface area contributed by atoms with E-state index in [0.717, 1.165) is 37.0 Å². The van der Waals surface area contributed by atoms with Gasteiger partial charge in [0.25, 0.3) is 5.95 Å². The van der Waals surface area contributed by atoms with Crippen LogP contribution in [0.2, 0.25) is 0 Å². The number of aromatic nitrogens is 5. The van der Waals surface area contributed by atoms with Crippen LogP contribution >= 0.6 is 12.4 Å². The maximum Gasteiger partial charge on any atom is 0.257 e. The van der Waals surface area contributed by atoms with E-state index in [2.05, 4.69) is 36.3 Å². The Kier molecular flexibility index (Phi) is 8.90. The van der Waals surface area contributed by atoms with E-state index in [-0.39, 0.29) is 36.9 Å². The number of nitrogen functional groups attached to an aromatic ring is 1. The topological polar surface area (TPSA) is 121 Å². The second-order valence-electron chi connectivity index (χ2n) is 7.88. The fourth-order valence-electron chi connectivity index (χ4n) is 3.75. The van der Waals surface area contributed by atoms with Crippen LogP contribution in [-0.4, -0.2) is 80.6 Å². The molecule has 4 N–H and O–H groups in total. The van der Waals surface area contributed by atoms with Gasteiger partial charge in [-0.1, -0.05) is 12.2 Å². The lowest BCUT2D eigenvalue weighted by atomic mass is 10.2. The zero-order valence-corrected chi connectivity index (χ0v) is 20.0. The van der Waals surface area contributed by atoms with Gasteiger partial charge in [-0.3, -0.25) is 4.90 Å². The number of piperazine rings is 1. The summed E-state index contributed by atoms with van der Waals surface area (Å²) in [7, 11) is 0. The number of nitrogens with one attached hydrogen (secondary N) is 1. The molecule has 10 nitrogen and oxygen atoms in total. The Morgan fingerprint density at radius 1 is 1.09 bits per heavy atom. The first-order valence-electron chi connectivity index (χ1n) is 10.9. The van der Waals surface area contributed by atoms with Crippen LogP contribution in [0.15, 0.2) is 30.5 Å². The zero-order valence-electron chi connectivity index (χ0n) is 19.2. The fourth-order valence-corrected chi connectivity index (χ4v) is 3.75. The second kappa shape index (κ2) is 11.9. The minimum atomic E-state index is -0.561. The van der Waals surface area contributed by atoms with Gasteiger partial charge in [-0.05, 0) is 19.1 Å². The van der Waals surface area contributed by atoms with Crippen molar-refractivity contribution in [3.05, 3.63) is 53.4 Å². The molecule has 0 aliphatic carbocycles. The Bertz CT molecular complexity index is 1150. The van der Waals surface area contributed by atoms with Gasteiger partial charge in [-0.15, -0.1) is 12.4 Å². The SMILES string of the molecule is Cc1c(C=CCN2CCN(c3cc(F)cc(F)c3)CC2)cnn1-c1nc(N)nc(NCCO)n1.Cl. The number of halogens is 3. The molecule has 3 heterocycles. The Labute approximate surface area is 207 Å². The number of aliphatic hydroxyl groups excluding tert-OH is 1. The number of nitrogens with two attached hydrogens (primary N) is 1. The molecule has 1 aromatic carbocycles. The standard InChI is InChI=1S/C22H27F2N9O.ClH/c1-15-16(14-27-33(15)22-29-20(25)28-21(30-22)26-4-10-34)3-2-5-31-6-8-32(9-7-31)19-12-17(23)11-18(24)13-19;/h2-3,11-14,34H,4-10H2,1H3,(H3,25,26,28,29,30);1H. The van der Waals surface area contributed by atoms with Crippen LogP contribution in [0.5, 0.6) is 0 Å². The first-order chi connectivity index (χ1) is 16.4. The highest BCUT2D eigenvalue weighted by Gasteiger charge is 2.18. The lowest BCUT2D eigenvalue weighted by molar-refractivity contribution is 0.284. The zero-order chi connectivity index (χ0) is 24.1. The highest BCUT2D eigenvalue weighted by Crippen LogP contribution is 2.20. The average molecular weight is 508 g/mol. The highest BCUT2D eigenvalue weighted by molar-refractivity contribution is 5.85. The molecule has 0 bridgehead atoms. The third-order valence-electron chi connectivity index (χ3n) is 5.52. The lowest BCUT2D eigenvalue weighted by Gasteiger charge is -2.35. The largest absolute Gasteiger partial charge is 0.395 e. The van der Waals surface area contributed by atoms with Crippen molar-refractivity contribution in [1.82, 2.24) is 29.6 Å². The molecule has 1 saturated heterocycles. The third kappa shape index (κ3) is 6.62. The molecule has 0 unspecified atom stereocenters. The smallest absolute Gasteiger partial charge is 0.257 e. The maximum absolute atomic E-state index is 13.5. The van der Waals surface area contributed by atoms with E-state index >= 15 is 0 Å². The van der Waals surface area contributed by atoms with Crippen LogP contribution in [0.1, 0.15) is 11.3 Å². The molecule has 2 aromatic heterocycles. The van der Waals surface area contributed by atoms with Crippen molar-refractivity contribution in [3.63, 3.8) is 0 Å². The van der Waals surface area contributed by atoms with Crippen molar-refractivity contribution in [2.24, 2.45) is 0 Å². The van der Waals surface area contributed by atoms with E-state index in [1.54, 1.807) is 10.9 Å². The van der Waals surface area contributed by atoms with Gasteiger partial charge in [0.2, 0.25) is 11.9 Å². The summed E-state index contributed by atoms with van der Waals surface area (Å²) in [4.78, 5) is 16.7. The molecule has 1 aliphatic heterocycles. The summed E-state index contributed by atoms with van der Waals surface area (Å²) in [6.07, 6.45) is 5.77. The number of hydrogen-bond donors (Lipinski definition) is 3. The first-order valence-corrected chi connectivity index (χ1v) is 10.9. The Morgan fingerprint density at radius 3 is 2.49 bits per heavy atom. The molecular formula is C22H28ClF2N9O. The van der Waals surface area contributed by atoms with Gasteiger partial charge in [0.1, 0.15) is 11.6 Å². The van der Waals surface area contributed by atoms with Gasteiger partial charge in [-0.25, -0.2) is 13.5 Å². The number of benzene rings is 1. The van der Waals surface area contributed by atoms with Crippen LogP contribution < -0.4 is 16.0 Å². The van der Waals surface area contributed by atoms with Gasteiger partial charge in [0.15, 0.2) is 0 Å². The van der Waals surface area contributed by atoms with Gasteiger partial charge >= 0.3 is 0 Å². The fraction of sp³-hybridized carbons (Fsp3) is 0.364. The molecule has 3 aromatic rings. The van der Waals surface area contributed by atoms with E-state index in [0.29, 0.717) is 25.3 Å². The van der Waals surface area contributed by atoms with Crippen molar-refractivity contribution in [2.45, 2.75) is 6.92 Å². The number of nitrogens with zero attached hydrogens (tertiary/aromatic N) is 7. The molecule has 0 radical (unpaired) electrons. The van der Waals surface area contributed by atoms with E-state index in [1.165, 1.54) is 12.1 Å². The minimum absolute atomic E-state index is 0. The molecule has 4 rings (SSSR count). The van der Waals surface area contributed by atoms with E-state index < -0.39 is 11.6 Å². The number of hydrogen-bond acceptors (Lipinski definition) is 9. The summed E-state index contributed by atoms with van der Waals surface area (Å²) >= 11 is 0. The van der Waals surface area contributed by atoms with Crippen molar-refractivity contribution in [2.75, 3.05) is 61.8 Å². The van der Waals surface area contributed by atoms with Crippen molar-refractivity contribution in [3.8, 4) is 5.95 Å². The quantitative estimate of drug-likeness (QED) is 0.419. The normalized spacial score (nSPS) is 14.3. The summed E-state index contributed by atoms with van der Waals surface area (Å²) in [6.45, 7) is 5.84. The van der Waals surface area contributed by atoms with Crippen LogP contribution in [0.4, 0.5) is 26.4 Å². The van der Waals surface area contributed by atoms with E-state index in [4.69, 9.17) is 10.8 Å². The van der Waals surface area contributed by atoms with Crippen molar-refractivity contribution in [1.29, 1.82) is 0 Å². The van der Waals surface area contributed by atoms with Gasteiger partial charge in [0.05, 0.1) is 18.5 Å². The van der Waals surface area contributed by atoms with Crippen LogP contribution in [0.3, 0.4) is 0 Å². The van der Waals surface area contributed by atoms with Crippen LogP contribution in [-0.2, 0) is 0 Å². The Balaban J connectivity index is 0.00000342. The van der Waals surface area contributed by atoms with Gasteiger partial charge in [-0.2, -0.15) is 20.1 Å². The number of rotatable bonds is 8. The molecular weight excluding hydrogens is 480 g/mol. The molecule has 0 spiro atoms. The molecule has 1 fully saturated rings. The van der Waals surface area contributed by atoms with Crippen LogP contribution in [0, 0.1) is 18.6 Å². The average Bonchev–Trinajstić information content (AvgIpc) is 3.17. The molecule has 188 valence electrons. The Hall–Kier alpha value is -3.35. The van der Waals surface area contributed by atoms with E-state index in [9.17, 15) is 8.78 Å². The predicted molar refractivity (Wildman–Crippen MR) is 133 cm³/mol. The lowest BCUT2D eigenvalue weighted by Crippen LogP contribution is -2.46. The monoisotopic (exact) mass is 507 g/mol. The van der Waals surface area contributed by atoms with Gasteiger partial charge < -0.3 is 21.1 Å². The Morgan fingerprint density at radius 2 is 1.80 bits per heavy atom. The highest BCUT2D eigenvalue weighted by atomic mass is 35.5. The molecule has 1 aliphatic rings. The summed E-state index contributed by atoms with van der Waals surface area (Å²) in [5, 5.41) is 16.2. The van der Waals surface area contributed by atoms with Gasteiger partial charge in [0, 0.05) is 56.6 Å². The van der Waals surface area contributed by atoms with Crippen molar-refractivity contribution >= 4 is 36.1 Å².